The fourth-order valence-electron chi connectivity index (χ4n) is 1.51. The van der Waals surface area contributed by atoms with E-state index in [1.807, 2.05) is 17.7 Å². The van der Waals surface area contributed by atoms with Crippen LogP contribution in [0.2, 0.25) is 0 Å². The van der Waals surface area contributed by atoms with Gasteiger partial charge in [0.05, 0.1) is 12.0 Å². The first-order valence-corrected chi connectivity index (χ1v) is 6.11. The molecule has 0 spiro atoms. The molecule has 0 aromatic carbocycles. The van der Waals surface area contributed by atoms with Crippen molar-refractivity contribution in [3.8, 4) is 0 Å². The van der Waals surface area contributed by atoms with Gasteiger partial charge in [-0.15, -0.1) is 11.3 Å². The number of carbonyl (C=O) groups is 1. The quantitative estimate of drug-likeness (QED) is 0.758. The average molecular weight is 251 g/mol. The first-order valence-electron chi connectivity index (χ1n) is 5.16. The van der Waals surface area contributed by atoms with Crippen molar-refractivity contribution in [2.75, 3.05) is 5.32 Å². The Hall–Kier alpha value is -1.82. The van der Waals surface area contributed by atoms with Crippen molar-refractivity contribution < 1.29 is 9.90 Å². The summed E-state index contributed by atoms with van der Waals surface area (Å²) in [6.45, 7) is 1.95. The van der Waals surface area contributed by atoms with E-state index in [1.165, 1.54) is 0 Å². The summed E-state index contributed by atoms with van der Waals surface area (Å²) >= 11 is 1.55. The van der Waals surface area contributed by atoms with Crippen molar-refractivity contribution in [3.63, 3.8) is 0 Å². The molecular weight excluding hydrogens is 238 g/mol. The summed E-state index contributed by atoms with van der Waals surface area (Å²) in [5, 5.41) is 16.1. The summed E-state index contributed by atoms with van der Waals surface area (Å²) in [5.74, 6) is -0.876. The van der Waals surface area contributed by atoms with Crippen LogP contribution in [0.3, 0.4) is 0 Å². The molecule has 2 rings (SSSR count). The van der Waals surface area contributed by atoms with Crippen LogP contribution >= 0.6 is 11.3 Å². The second-order valence-electron chi connectivity index (χ2n) is 3.77. The standard InChI is InChI=1S/C11H13N3O2S/c1-7-4-17-5-10(7)14-9(11(15)16)2-8-3-12-6-13-8/h3-6,9,14H,2H2,1H3,(H,12,13)(H,15,16). The van der Waals surface area contributed by atoms with Crippen LogP contribution in [-0.4, -0.2) is 27.1 Å². The van der Waals surface area contributed by atoms with E-state index in [1.54, 1.807) is 23.9 Å². The van der Waals surface area contributed by atoms with Crippen LogP contribution in [0.25, 0.3) is 0 Å². The molecule has 0 radical (unpaired) electrons. The molecule has 0 fully saturated rings. The number of anilines is 1. The number of carboxylic acid groups (broad SMARTS) is 1. The number of hydrogen-bond acceptors (Lipinski definition) is 4. The number of carboxylic acids is 1. The maximum absolute atomic E-state index is 11.2. The van der Waals surface area contributed by atoms with Crippen LogP contribution in [0.5, 0.6) is 0 Å². The predicted molar refractivity (Wildman–Crippen MR) is 66.4 cm³/mol. The molecule has 0 amide bonds. The molecule has 6 heteroatoms. The highest BCUT2D eigenvalue weighted by molar-refractivity contribution is 7.08. The number of aliphatic carboxylic acids is 1. The Morgan fingerprint density at radius 3 is 3.00 bits per heavy atom. The molecule has 90 valence electrons. The van der Waals surface area contributed by atoms with Gasteiger partial charge in [-0.2, -0.15) is 0 Å². The Morgan fingerprint density at radius 1 is 1.65 bits per heavy atom. The van der Waals surface area contributed by atoms with Gasteiger partial charge in [-0.05, 0) is 17.9 Å². The molecule has 5 nitrogen and oxygen atoms in total. The molecule has 0 aliphatic heterocycles. The lowest BCUT2D eigenvalue weighted by atomic mass is 10.1. The van der Waals surface area contributed by atoms with Crippen LogP contribution in [0.15, 0.2) is 23.3 Å². The second-order valence-corrected chi connectivity index (χ2v) is 4.51. The third kappa shape index (κ3) is 2.85. The maximum Gasteiger partial charge on any atom is 0.326 e. The average Bonchev–Trinajstić information content (AvgIpc) is 2.90. The van der Waals surface area contributed by atoms with E-state index in [2.05, 4.69) is 15.3 Å². The lowest BCUT2D eigenvalue weighted by Gasteiger charge is -2.14. The zero-order valence-corrected chi connectivity index (χ0v) is 10.1. The SMILES string of the molecule is Cc1cscc1NC(Cc1c[nH]cn1)C(=O)O. The van der Waals surface area contributed by atoms with Gasteiger partial charge in [-0.3, -0.25) is 0 Å². The number of imidazole rings is 1. The Balaban J connectivity index is 2.08. The van der Waals surface area contributed by atoms with Crippen molar-refractivity contribution in [1.82, 2.24) is 9.97 Å². The van der Waals surface area contributed by atoms with Crippen LogP contribution < -0.4 is 5.32 Å². The van der Waals surface area contributed by atoms with Gasteiger partial charge < -0.3 is 15.4 Å². The highest BCUT2D eigenvalue weighted by Gasteiger charge is 2.19. The normalized spacial score (nSPS) is 12.3. The minimum Gasteiger partial charge on any atom is -0.480 e. The fourth-order valence-corrected chi connectivity index (χ4v) is 2.30. The summed E-state index contributed by atoms with van der Waals surface area (Å²) in [5.41, 5.74) is 2.67. The zero-order valence-electron chi connectivity index (χ0n) is 9.30. The molecule has 17 heavy (non-hydrogen) atoms. The molecule has 1 atom stereocenters. The van der Waals surface area contributed by atoms with Crippen molar-refractivity contribution in [1.29, 1.82) is 0 Å². The third-order valence-electron chi connectivity index (χ3n) is 2.45. The van der Waals surface area contributed by atoms with Gasteiger partial charge in [0, 0.05) is 23.7 Å². The van der Waals surface area contributed by atoms with E-state index < -0.39 is 12.0 Å². The number of aryl methyl sites for hydroxylation is 1. The number of H-pyrrole nitrogens is 1. The first-order chi connectivity index (χ1) is 8.16. The Bertz CT molecular complexity index is 493. The van der Waals surface area contributed by atoms with Crippen molar-refractivity contribution in [2.24, 2.45) is 0 Å². The van der Waals surface area contributed by atoms with Crippen LogP contribution in [0.1, 0.15) is 11.3 Å². The summed E-state index contributed by atoms with van der Waals surface area (Å²) in [4.78, 5) is 18.0. The highest BCUT2D eigenvalue weighted by Crippen LogP contribution is 2.20. The van der Waals surface area contributed by atoms with Gasteiger partial charge in [-0.25, -0.2) is 9.78 Å². The summed E-state index contributed by atoms with van der Waals surface area (Å²) in [6.07, 6.45) is 3.61. The van der Waals surface area contributed by atoms with Crippen molar-refractivity contribution in [2.45, 2.75) is 19.4 Å². The summed E-state index contributed by atoms with van der Waals surface area (Å²) in [6, 6.07) is -0.661. The Kier molecular flexibility index (Phi) is 3.43. The van der Waals surface area contributed by atoms with E-state index in [-0.39, 0.29) is 0 Å². The van der Waals surface area contributed by atoms with Crippen LogP contribution in [0.4, 0.5) is 5.69 Å². The number of thiophene rings is 1. The monoisotopic (exact) mass is 251 g/mol. The number of aromatic amines is 1. The summed E-state index contributed by atoms with van der Waals surface area (Å²) in [7, 11) is 0. The molecular formula is C11H13N3O2S. The van der Waals surface area contributed by atoms with E-state index in [0.717, 1.165) is 16.9 Å². The smallest absolute Gasteiger partial charge is 0.326 e. The predicted octanol–water partition coefficient (Wildman–Crippen LogP) is 1.89. The minimum atomic E-state index is -0.876. The van der Waals surface area contributed by atoms with Gasteiger partial charge in [0.1, 0.15) is 6.04 Å². The molecule has 2 aromatic rings. The number of nitrogens with one attached hydrogen (secondary N) is 2. The Labute approximate surface area is 103 Å². The van der Waals surface area contributed by atoms with Gasteiger partial charge >= 0.3 is 5.97 Å². The molecule has 0 aliphatic carbocycles. The number of hydrogen-bond donors (Lipinski definition) is 3. The number of aromatic nitrogens is 2. The lowest BCUT2D eigenvalue weighted by molar-refractivity contribution is -0.137. The second kappa shape index (κ2) is 5.01. The molecule has 2 heterocycles. The molecule has 0 aliphatic rings. The molecule has 0 saturated heterocycles. The van der Waals surface area contributed by atoms with Crippen molar-refractivity contribution >= 4 is 23.0 Å². The minimum absolute atomic E-state index is 0.355. The van der Waals surface area contributed by atoms with Gasteiger partial charge in [-0.1, -0.05) is 0 Å². The maximum atomic E-state index is 11.2. The largest absolute Gasteiger partial charge is 0.480 e. The van der Waals surface area contributed by atoms with Gasteiger partial charge in [0.2, 0.25) is 0 Å². The van der Waals surface area contributed by atoms with E-state index >= 15 is 0 Å². The number of rotatable bonds is 5. The topological polar surface area (TPSA) is 78.0 Å². The number of nitrogens with zero attached hydrogens (tertiary/aromatic N) is 1. The molecule has 1 unspecified atom stereocenters. The van der Waals surface area contributed by atoms with E-state index in [9.17, 15) is 4.79 Å². The van der Waals surface area contributed by atoms with E-state index in [0.29, 0.717) is 6.42 Å². The van der Waals surface area contributed by atoms with Crippen molar-refractivity contribution in [3.05, 3.63) is 34.5 Å². The highest BCUT2D eigenvalue weighted by atomic mass is 32.1. The Morgan fingerprint density at radius 2 is 2.47 bits per heavy atom. The molecule has 0 saturated carbocycles. The third-order valence-corrected chi connectivity index (χ3v) is 3.31. The van der Waals surface area contributed by atoms with Crippen LogP contribution in [-0.2, 0) is 11.2 Å². The zero-order chi connectivity index (χ0) is 12.3. The fraction of sp³-hybridized carbons (Fsp3) is 0.273. The first kappa shape index (κ1) is 11.7. The molecule has 2 aromatic heterocycles. The molecule has 3 N–H and O–H groups in total. The van der Waals surface area contributed by atoms with Crippen LogP contribution in [0, 0.1) is 6.92 Å². The molecule has 0 bridgehead atoms. The van der Waals surface area contributed by atoms with E-state index in [4.69, 9.17) is 5.11 Å². The van der Waals surface area contributed by atoms with Gasteiger partial charge in [0.15, 0.2) is 0 Å². The summed E-state index contributed by atoms with van der Waals surface area (Å²) < 4.78 is 0. The lowest BCUT2D eigenvalue weighted by Crippen LogP contribution is -2.31. The van der Waals surface area contributed by atoms with Gasteiger partial charge in [0.25, 0.3) is 0 Å².